The summed E-state index contributed by atoms with van der Waals surface area (Å²) in [4.78, 5) is 4.63. The number of hydrogen-bond donors (Lipinski definition) is 1. The molecule has 0 amide bonds. The zero-order chi connectivity index (χ0) is 22.0. The summed E-state index contributed by atoms with van der Waals surface area (Å²) in [7, 11) is -3.86. The van der Waals surface area contributed by atoms with E-state index < -0.39 is 9.84 Å². The van der Waals surface area contributed by atoms with Crippen LogP contribution in [0.15, 0.2) is 82.7 Å². The van der Waals surface area contributed by atoms with E-state index in [1.165, 1.54) is 18.3 Å². The molecule has 0 atom stereocenters. The van der Waals surface area contributed by atoms with Gasteiger partial charge in [-0.2, -0.15) is 0 Å². The van der Waals surface area contributed by atoms with Crippen LogP contribution in [0.4, 0.5) is 11.4 Å². The molecule has 0 radical (unpaired) electrons. The third-order valence-corrected chi connectivity index (χ3v) is 6.88. The lowest BCUT2D eigenvalue weighted by molar-refractivity contribution is 0.340. The Balaban J connectivity index is 1.95. The van der Waals surface area contributed by atoms with Gasteiger partial charge in [0.2, 0.25) is 9.84 Å². The zero-order valence-electron chi connectivity index (χ0n) is 17.1. The van der Waals surface area contributed by atoms with E-state index in [9.17, 15) is 8.42 Å². The number of pyridine rings is 1. The van der Waals surface area contributed by atoms with Gasteiger partial charge in [0.1, 0.15) is 10.6 Å². The summed E-state index contributed by atoms with van der Waals surface area (Å²) in [6.07, 6.45) is 1.39. The maximum atomic E-state index is 13.5. The second-order valence-electron chi connectivity index (χ2n) is 7.06. The summed E-state index contributed by atoms with van der Waals surface area (Å²) < 4.78 is 32.7. The van der Waals surface area contributed by atoms with E-state index in [1.54, 1.807) is 12.1 Å². The number of sulfone groups is 1. The summed E-state index contributed by atoms with van der Waals surface area (Å²) in [5.41, 5.74) is 2.99. The highest BCUT2D eigenvalue weighted by atomic mass is 35.5. The van der Waals surface area contributed by atoms with Crippen LogP contribution in [0.25, 0.3) is 10.9 Å². The Morgan fingerprint density at radius 2 is 1.71 bits per heavy atom. The van der Waals surface area contributed by atoms with E-state index in [1.807, 2.05) is 56.3 Å². The van der Waals surface area contributed by atoms with Crippen molar-refractivity contribution in [3.05, 3.63) is 83.5 Å². The first-order valence-electron chi connectivity index (χ1n) is 9.78. The third kappa shape index (κ3) is 4.36. The van der Waals surface area contributed by atoms with Crippen molar-refractivity contribution in [1.82, 2.24) is 4.98 Å². The van der Waals surface area contributed by atoms with Gasteiger partial charge in [-0.05, 0) is 68.4 Å². The van der Waals surface area contributed by atoms with E-state index in [2.05, 4.69) is 10.3 Å². The second-order valence-corrected chi connectivity index (χ2v) is 9.41. The fourth-order valence-electron chi connectivity index (χ4n) is 3.26. The summed E-state index contributed by atoms with van der Waals surface area (Å²) in [5.74, 6) is 0.643. The van der Waals surface area contributed by atoms with Gasteiger partial charge in [0.25, 0.3) is 0 Å². The van der Waals surface area contributed by atoms with Crippen LogP contribution in [0.2, 0.25) is 5.02 Å². The quantitative estimate of drug-likeness (QED) is 0.378. The molecule has 158 valence electrons. The third-order valence-electron chi connectivity index (χ3n) is 4.85. The minimum Gasteiger partial charge on any atom is -0.494 e. The lowest BCUT2D eigenvalue weighted by atomic mass is 10.1. The standard InChI is InChI=1S/C24H21ClN2O3S/c1-3-30-19-10-13-22-21(14-19)24(27-18-8-4-16(2)5-9-18)23(15-26-22)31(28,29)20-11-6-17(25)7-12-20/h4-15H,3H2,1-2H3,(H,26,27). The van der Waals surface area contributed by atoms with Gasteiger partial charge >= 0.3 is 0 Å². The van der Waals surface area contributed by atoms with Crippen LogP contribution >= 0.6 is 11.6 Å². The van der Waals surface area contributed by atoms with Crippen LogP contribution in [0, 0.1) is 6.92 Å². The van der Waals surface area contributed by atoms with Crippen molar-refractivity contribution in [2.75, 3.05) is 11.9 Å². The molecule has 0 aliphatic carbocycles. The van der Waals surface area contributed by atoms with Gasteiger partial charge in [-0.3, -0.25) is 4.98 Å². The van der Waals surface area contributed by atoms with Gasteiger partial charge in [-0.15, -0.1) is 0 Å². The molecule has 0 aliphatic rings. The van der Waals surface area contributed by atoms with Crippen molar-refractivity contribution < 1.29 is 13.2 Å². The number of nitrogens with zero attached hydrogens (tertiary/aromatic N) is 1. The highest BCUT2D eigenvalue weighted by Crippen LogP contribution is 2.36. The van der Waals surface area contributed by atoms with E-state index in [0.29, 0.717) is 34.0 Å². The SMILES string of the molecule is CCOc1ccc2ncc(S(=O)(=O)c3ccc(Cl)cc3)c(Nc3ccc(C)cc3)c2c1. The molecule has 1 aromatic heterocycles. The predicted octanol–water partition coefficient (Wildman–Crippen LogP) is 6.17. The average molecular weight is 453 g/mol. The number of anilines is 2. The molecule has 7 heteroatoms. The molecule has 0 bridgehead atoms. The van der Waals surface area contributed by atoms with Crippen LogP contribution in [0.1, 0.15) is 12.5 Å². The summed E-state index contributed by atoms with van der Waals surface area (Å²) in [6.45, 7) is 4.40. The molecule has 4 aromatic rings. The van der Waals surface area contributed by atoms with Crippen LogP contribution in [0.5, 0.6) is 5.75 Å². The lowest BCUT2D eigenvalue weighted by Crippen LogP contribution is -2.07. The summed E-state index contributed by atoms with van der Waals surface area (Å²) in [5, 5.41) is 4.42. The van der Waals surface area contributed by atoms with Crippen LogP contribution in [-0.2, 0) is 9.84 Å². The number of rotatable bonds is 6. The first-order valence-corrected chi connectivity index (χ1v) is 11.6. The van der Waals surface area contributed by atoms with Gasteiger partial charge in [0.15, 0.2) is 0 Å². The molecule has 0 spiro atoms. The molecule has 0 fully saturated rings. The number of hydrogen-bond acceptors (Lipinski definition) is 5. The lowest BCUT2D eigenvalue weighted by Gasteiger charge is -2.16. The highest BCUT2D eigenvalue weighted by Gasteiger charge is 2.24. The molecular formula is C24H21ClN2O3S. The topological polar surface area (TPSA) is 68.3 Å². The Hall–Kier alpha value is -3.09. The number of halogens is 1. The van der Waals surface area contributed by atoms with Crippen molar-refractivity contribution in [3.63, 3.8) is 0 Å². The van der Waals surface area contributed by atoms with Gasteiger partial charge in [-0.25, -0.2) is 8.42 Å². The monoisotopic (exact) mass is 452 g/mol. The van der Waals surface area contributed by atoms with Crippen LogP contribution < -0.4 is 10.1 Å². The van der Waals surface area contributed by atoms with Gasteiger partial charge < -0.3 is 10.1 Å². The molecule has 31 heavy (non-hydrogen) atoms. The number of ether oxygens (including phenoxy) is 1. The normalized spacial score (nSPS) is 11.5. The molecule has 4 rings (SSSR count). The molecule has 0 aliphatic heterocycles. The molecule has 1 heterocycles. The molecule has 5 nitrogen and oxygen atoms in total. The Kier molecular flexibility index (Phi) is 5.85. The highest BCUT2D eigenvalue weighted by molar-refractivity contribution is 7.91. The number of aryl methyl sites for hydroxylation is 1. The zero-order valence-corrected chi connectivity index (χ0v) is 18.7. The molecule has 0 saturated carbocycles. The van der Waals surface area contributed by atoms with Gasteiger partial charge in [-0.1, -0.05) is 29.3 Å². The maximum Gasteiger partial charge on any atom is 0.210 e. The van der Waals surface area contributed by atoms with Crippen molar-refractivity contribution in [2.45, 2.75) is 23.6 Å². The second kappa shape index (κ2) is 8.57. The van der Waals surface area contributed by atoms with Gasteiger partial charge in [0.05, 0.1) is 22.7 Å². The van der Waals surface area contributed by atoms with Gasteiger partial charge in [0, 0.05) is 22.3 Å². The Morgan fingerprint density at radius 1 is 1.00 bits per heavy atom. The summed E-state index contributed by atoms with van der Waals surface area (Å²) >= 11 is 5.95. The minimum atomic E-state index is -3.86. The smallest absolute Gasteiger partial charge is 0.210 e. The number of fused-ring (bicyclic) bond motifs is 1. The molecule has 3 aromatic carbocycles. The Bertz CT molecular complexity index is 1340. The van der Waals surface area contributed by atoms with Crippen LogP contribution in [-0.4, -0.2) is 20.0 Å². The number of aromatic nitrogens is 1. The maximum absolute atomic E-state index is 13.5. The first kappa shape index (κ1) is 21.2. The minimum absolute atomic E-state index is 0.0801. The fourth-order valence-corrected chi connectivity index (χ4v) is 4.76. The van der Waals surface area contributed by atoms with Crippen LogP contribution in [0.3, 0.4) is 0 Å². The number of nitrogens with one attached hydrogen (secondary N) is 1. The summed E-state index contributed by atoms with van der Waals surface area (Å²) in [6, 6.07) is 19.3. The van der Waals surface area contributed by atoms with Crippen molar-refractivity contribution in [1.29, 1.82) is 0 Å². The molecule has 0 unspecified atom stereocenters. The fraction of sp³-hybridized carbons (Fsp3) is 0.125. The molecule has 1 N–H and O–H groups in total. The first-order chi connectivity index (χ1) is 14.9. The van der Waals surface area contributed by atoms with E-state index in [-0.39, 0.29) is 9.79 Å². The van der Waals surface area contributed by atoms with E-state index >= 15 is 0 Å². The largest absolute Gasteiger partial charge is 0.494 e. The molecular weight excluding hydrogens is 432 g/mol. The Morgan fingerprint density at radius 3 is 2.39 bits per heavy atom. The van der Waals surface area contributed by atoms with Crippen molar-refractivity contribution in [3.8, 4) is 5.75 Å². The average Bonchev–Trinajstić information content (AvgIpc) is 2.76. The van der Waals surface area contributed by atoms with Crippen molar-refractivity contribution >= 4 is 43.7 Å². The molecule has 0 saturated heterocycles. The van der Waals surface area contributed by atoms with E-state index in [0.717, 1.165) is 11.3 Å². The van der Waals surface area contributed by atoms with Crippen molar-refractivity contribution in [2.24, 2.45) is 0 Å². The number of benzene rings is 3. The Labute approximate surface area is 186 Å². The predicted molar refractivity (Wildman–Crippen MR) is 124 cm³/mol. The van der Waals surface area contributed by atoms with E-state index in [4.69, 9.17) is 16.3 Å².